The van der Waals surface area contributed by atoms with Gasteiger partial charge in [0, 0.05) is 18.8 Å². The molecule has 4 rings (SSSR count). The number of carbonyl (C=O) groups excluding carboxylic acids is 1. The van der Waals surface area contributed by atoms with Crippen LogP contribution in [0, 0.1) is 0 Å². The van der Waals surface area contributed by atoms with Gasteiger partial charge in [-0.15, -0.1) is 0 Å². The molecule has 2 saturated heterocycles. The van der Waals surface area contributed by atoms with Gasteiger partial charge in [0.05, 0.1) is 24.0 Å². The number of amides is 1. The summed E-state index contributed by atoms with van der Waals surface area (Å²) in [6.45, 7) is 3.17. The number of nitrogens with one attached hydrogen (secondary N) is 1. The van der Waals surface area contributed by atoms with Crippen LogP contribution >= 0.6 is 0 Å². The summed E-state index contributed by atoms with van der Waals surface area (Å²) in [5, 5.41) is 0. The van der Waals surface area contributed by atoms with Crippen LogP contribution in [0.5, 0.6) is 0 Å². The van der Waals surface area contributed by atoms with E-state index in [0.717, 1.165) is 45.3 Å². The lowest BCUT2D eigenvalue weighted by molar-refractivity contribution is -0.133. The first-order chi connectivity index (χ1) is 12.7. The van der Waals surface area contributed by atoms with Gasteiger partial charge in [0.25, 0.3) is 5.56 Å². The number of nitrogens with zero attached hydrogens (tertiary/aromatic N) is 4. The van der Waals surface area contributed by atoms with Crippen molar-refractivity contribution < 1.29 is 4.79 Å². The highest BCUT2D eigenvalue weighted by Gasteiger charge is 2.33. The fourth-order valence-electron chi connectivity index (χ4n) is 3.85. The van der Waals surface area contributed by atoms with Gasteiger partial charge in [-0.1, -0.05) is 6.07 Å². The standard InChI is InChI=1S/C19H23N5O2/c25-17-12-15(14-6-1-2-8-20-14)21-19(22-17)16-7-5-11-24(16)18(26)13-23-9-3-4-10-23/h1-2,6,8,12,16H,3-5,7,9-11,13H2,(H,21,22,25)/t16-/m0/s1. The molecule has 0 bridgehead atoms. The maximum absolute atomic E-state index is 12.8. The number of rotatable bonds is 4. The van der Waals surface area contributed by atoms with Crippen molar-refractivity contribution in [1.82, 2.24) is 24.8 Å². The van der Waals surface area contributed by atoms with Gasteiger partial charge in [0.1, 0.15) is 5.82 Å². The molecule has 0 aromatic carbocycles. The Morgan fingerprint density at radius 1 is 1.15 bits per heavy atom. The maximum atomic E-state index is 12.8. The van der Waals surface area contributed by atoms with Crippen molar-refractivity contribution in [2.75, 3.05) is 26.2 Å². The van der Waals surface area contributed by atoms with Gasteiger partial charge in [0.2, 0.25) is 5.91 Å². The molecule has 4 heterocycles. The first kappa shape index (κ1) is 16.9. The van der Waals surface area contributed by atoms with E-state index in [0.29, 0.717) is 23.8 Å². The lowest BCUT2D eigenvalue weighted by Gasteiger charge is -2.26. The van der Waals surface area contributed by atoms with E-state index in [9.17, 15) is 9.59 Å². The molecule has 2 aliphatic rings. The van der Waals surface area contributed by atoms with Crippen LogP contribution in [-0.4, -0.2) is 56.8 Å². The Balaban J connectivity index is 1.58. The molecule has 0 unspecified atom stereocenters. The summed E-state index contributed by atoms with van der Waals surface area (Å²) in [5.74, 6) is 0.686. The van der Waals surface area contributed by atoms with Gasteiger partial charge < -0.3 is 9.88 Å². The lowest BCUT2D eigenvalue weighted by atomic mass is 10.2. The first-order valence-electron chi connectivity index (χ1n) is 9.25. The highest BCUT2D eigenvalue weighted by Crippen LogP contribution is 2.30. The predicted octanol–water partition coefficient (Wildman–Crippen LogP) is 1.59. The fourth-order valence-corrected chi connectivity index (χ4v) is 3.85. The summed E-state index contributed by atoms with van der Waals surface area (Å²) >= 11 is 0. The number of hydrogen-bond donors (Lipinski definition) is 1. The van der Waals surface area contributed by atoms with Crippen molar-refractivity contribution >= 4 is 5.91 Å². The largest absolute Gasteiger partial charge is 0.331 e. The second kappa shape index (κ2) is 7.37. The highest BCUT2D eigenvalue weighted by molar-refractivity contribution is 5.79. The van der Waals surface area contributed by atoms with Crippen LogP contribution in [0.1, 0.15) is 37.5 Å². The summed E-state index contributed by atoms with van der Waals surface area (Å²) in [5.41, 5.74) is 0.991. The third-order valence-electron chi connectivity index (χ3n) is 5.13. The van der Waals surface area contributed by atoms with Crippen LogP contribution in [0.15, 0.2) is 35.3 Å². The molecular formula is C19H23N5O2. The zero-order chi connectivity index (χ0) is 17.9. The maximum Gasteiger partial charge on any atom is 0.251 e. The van der Waals surface area contributed by atoms with Crippen molar-refractivity contribution in [2.45, 2.75) is 31.7 Å². The topological polar surface area (TPSA) is 82.2 Å². The summed E-state index contributed by atoms with van der Waals surface area (Å²) < 4.78 is 0. The lowest BCUT2D eigenvalue weighted by Crippen LogP contribution is -2.39. The number of hydrogen-bond acceptors (Lipinski definition) is 5. The third kappa shape index (κ3) is 3.53. The van der Waals surface area contributed by atoms with E-state index in [2.05, 4.69) is 19.9 Å². The Labute approximate surface area is 152 Å². The van der Waals surface area contributed by atoms with Gasteiger partial charge in [-0.2, -0.15) is 0 Å². The average Bonchev–Trinajstić information content (AvgIpc) is 3.33. The number of aromatic amines is 1. The molecule has 7 heteroatoms. The molecule has 1 N–H and O–H groups in total. The molecule has 2 aromatic rings. The van der Waals surface area contributed by atoms with Gasteiger partial charge in [0.15, 0.2) is 0 Å². The zero-order valence-electron chi connectivity index (χ0n) is 14.7. The Morgan fingerprint density at radius 2 is 2.00 bits per heavy atom. The third-order valence-corrected chi connectivity index (χ3v) is 5.13. The van der Waals surface area contributed by atoms with Crippen molar-refractivity contribution in [1.29, 1.82) is 0 Å². The van der Waals surface area contributed by atoms with E-state index in [1.54, 1.807) is 6.20 Å². The monoisotopic (exact) mass is 353 g/mol. The Morgan fingerprint density at radius 3 is 2.77 bits per heavy atom. The van der Waals surface area contributed by atoms with Crippen LogP contribution in [0.3, 0.4) is 0 Å². The quantitative estimate of drug-likeness (QED) is 0.903. The minimum atomic E-state index is -0.213. The molecule has 2 aliphatic heterocycles. The summed E-state index contributed by atoms with van der Waals surface area (Å²) in [7, 11) is 0. The van der Waals surface area contributed by atoms with E-state index in [4.69, 9.17) is 0 Å². The van der Waals surface area contributed by atoms with Crippen LogP contribution in [-0.2, 0) is 4.79 Å². The Kier molecular flexibility index (Phi) is 4.79. The molecule has 0 radical (unpaired) electrons. The molecule has 136 valence electrons. The summed E-state index contributed by atoms with van der Waals surface area (Å²) in [4.78, 5) is 40.8. The van der Waals surface area contributed by atoms with Crippen molar-refractivity contribution in [3.63, 3.8) is 0 Å². The van der Waals surface area contributed by atoms with Crippen LogP contribution in [0.25, 0.3) is 11.4 Å². The number of pyridine rings is 1. The Bertz CT molecular complexity index is 829. The molecule has 7 nitrogen and oxygen atoms in total. The molecule has 0 aliphatic carbocycles. The normalized spacial score (nSPS) is 20.6. The molecule has 26 heavy (non-hydrogen) atoms. The SMILES string of the molecule is O=C(CN1CCCC1)N1CCC[C@H]1c1nc(-c2ccccn2)cc(=O)[nH]1. The van der Waals surface area contributed by atoms with Crippen molar-refractivity contribution in [3.8, 4) is 11.4 Å². The molecule has 2 fully saturated rings. The van der Waals surface area contributed by atoms with Crippen LogP contribution in [0.2, 0.25) is 0 Å². The second-order valence-corrected chi connectivity index (χ2v) is 6.96. The molecule has 0 spiro atoms. The summed E-state index contributed by atoms with van der Waals surface area (Å²) in [6.07, 6.45) is 5.75. The average molecular weight is 353 g/mol. The molecule has 1 atom stereocenters. The minimum absolute atomic E-state index is 0.125. The number of aromatic nitrogens is 3. The number of likely N-dealkylation sites (tertiary alicyclic amines) is 2. The van der Waals surface area contributed by atoms with Crippen molar-refractivity contribution in [3.05, 3.63) is 46.6 Å². The fraction of sp³-hybridized carbons (Fsp3) is 0.474. The number of H-pyrrole nitrogens is 1. The van der Waals surface area contributed by atoms with Gasteiger partial charge in [-0.3, -0.25) is 19.5 Å². The van der Waals surface area contributed by atoms with E-state index in [1.165, 1.54) is 6.07 Å². The van der Waals surface area contributed by atoms with Gasteiger partial charge in [-0.25, -0.2) is 4.98 Å². The van der Waals surface area contributed by atoms with E-state index < -0.39 is 0 Å². The minimum Gasteiger partial charge on any atom is -0.331 e. The predicted molar refractivity (Wildman–Crippen MR) is 97.5 cm³/mol. The van der Waals surface area contributed by atoms with Crippen LogP contribution in [0.4, 0.5) is 0 Å². The molecule has 0 saturated carbocycles. The van der Waals surface area contributed by atoms with Crippen LogP contribution < -0.4 is 5.56 Å². The number of carbonyl (C=O) groups is 1. The molecule has 2 aromatic heterocycles. The first-order valence-corrected chi connectivity index (χ1v) is 9.25. The smallest absolute Gasteiger partial charge is 0.251 e. The summed E-state index contributed by atoms with van der Waals surface area (Å²) in [6, 6.07) is 6.81. The Hall–Kier alpha value is -2.54. The van der Waals surface area contributed by atoms with Gasteiger partial charge >= 0.3 is 0 Å². The second-order valence-electron chi connectivity index (χ2n) is 6.96. The van der Waals surface area contributed by atoms with E-state index in [1.807, 2.05) is 23.1 Å². The van der Waals surface area contributed by atoms with E-state index in [-0.39, 0.29) is 17.5 Å². The highest BCUT2D eigenvalue weighted by atomic mass is 16.2. The zero-order valence-corrected chi connectivity index (χ0v) is 14.7. The molecular weight excluding hydrogens is 330 g/mol. The van der Waals surface area contributed by atoms with Crippen molar-refractivity contribution in [2.24, 2.45) is 0 Å². The van der Waals surface area contributed by atoms with Gasteiger partial charge in [-0.05, 0) is 50.9 Å². The van der Waals surface area contributed by atoms with E-state index >= 15 is 0 Å². The molecule has 1 amide bonds.